The third-order valence-corrected chi connectivity index (χ3v) is 4.44. The number of para-hydroxylation sites is 1. The standard InChI is InChI=1S/C23H31NO3/c1-15(2)20-12-11-16(3)13-22(20)27-19(6)23(25)24-18(5)14-26-21-10-8-7-9-17(21)4/h7-13,15,18-19H,14H2,1-6H3,(H,24,25)/t18-,19-/m1/s1. The van der Waals surface area contributed by atoms with Crippen LogP contribution in [0.25, 0.3) is 0 Å². The normalized spacial score (nSPS) is 13.1. The number of hydrogen-bond donors (Lipinski definition) is 1. The van der Waals surface area contributed by atoms with Gasteiger partial charge in [-0.25, -0.2) is 0 Å². The predicted molar refractivity (Wildman–Crippen MR) is 110 cm³/mol. The van der Waals surface area contributed by atoms with Crippen molar-refractivity contribution in [3.8, 4) is 11.5 Å². The maximum atomic E-state index is 12.5. The molecule has 0 fully saturated rings. The van der Waals surface area contributed by atoms with Crippen molar-refractivity contribution in [3.63, 3.8) is 0 Å². The Balaban J connectivity index is 1.92. The van der Waals surface area contributed by atoms with Gasteiger partial charge < -0.3 is 14.8 Å². The third-order valence-electron chi connectivity index (χ3n) is 4.44. The largest absolute Gasteiger partial charge is 0.491 e. The molecule has 0 aromatic heterocycles. The Bertz CT molecular complexity index is 770. The first kappa shape index (κ1) is 20.8. The molecule has 2 aromatic rings. The van der Waals surface area contributed by atoms with Crippen molar-refractivity contribution >= 4 is 5.91 Å². The summed E-state index contributed by atoms with van der Waals surface area (Å²) in [6.45, 7) is 12.4. The van der Waals surface area contributed by atoms with Crippen molar-refractivity contribution in [3.05, 3.63) is 59.2 Å². The van der Waals surface area contributed by atoms with Crippen molar-refractivity contribution in [2.45, 2.75) is 59.6 Å². The fraction of sp³-hybridized carbons (Fsp3) is 0.435. The second-order valence-electron chi connectivity index (χ2n) is 7.44. The molecule has 2 rings (SSSR count). The Labute approximate surface area is 162 Å². The molecule has 1 N–H and O–H groups in total. The van der Waals surface area contributed by atoms with E-state index in [0.717, 1.165) is 28.2 Å². The highest BCUT2D eigenvalue weighted by atomic mass is 16.5. The van der Waals surface area contributed by atoms with Gasteiger partial charge >= 0.3 is 0 Å². The molecule has 1 amide bonds. The molecule has 0 radical (unpaired) electrons. The Hall–Kier alpha value is -2.49. The molecule has 4 nitrogen and oxygen atoms in total. The lowest BCUT2D eigenvalue weighted by atomic mass is 10.0. The van der Waals surface area contributed by atoms with Crippen LogP contribution in [0, 0.1) is 13.8 Å². The van der Waals surface area contributed by atoms with E-state index >= 15 is 0 Å². The highest BCUT2D eigenvalue weighted by Crippen LogP contribution is 2.28. The predicted octanol–water partition coefficient (Wildman–Crippen LogP) is 4.78. The lowest BCUT2D eigenvalue weighted by Gasteiger charge is -2.21. The Morgan fingerprint density at radius 3 is 2.37 bits per heavy atom. The molecule has 0 aliphatic carbocycles. The zero-order valence-corrected chi connectivity index (χ0v) is 17.2. The minimum Gasteiger partial charge on any atom is -0.491 e. The van der Waals surface area contributed by atoms with E-state index in [2.05, 4.69) is 31.3 Å². The van der Waals surface area contributed by atoms with E-state index in [1.807, 2.05) is 51.1 Å². The van der Waals surface area contributed by atoms with E-state index in [9.17, 15) is 4.79 Å². The fourth-order valence-electron chi connectivity index (χ4n) is 2.80. The van der Waals surface area contributed by atoms with Crippen LogP contribution in [-0.4, -0.2) is 24.7 Å². The Morgan fingerprint density at radius 1 is 1.00 bits per heavy atom. The van der Waals surface area contributed by atoms with Gasteiger partial charge in [-0.3, -0.25) is 4.79 Å². The SMILES string of the molecule is Cc1ccc(C(C)C)c(O[C@H](C)C(=O)N[C@H](C)COc2ccccc2C)c1. The lowest BCUT2D eigenvalue weighted by molar-refractivity contribution is -0.128. The molecule has 0 saturated heterocycles. The van der Waals surface area contributed by atoms with Crippen molar-refractivity contribution in [2.24, 2.45) is 0 Å². The molecular weight excluding hydrogens is 338 g/mol. The van der Waals surface area contributed by atoms with Gasteiger partial charge in [-0.15, -0.1) is 0 Å². The van der Waals surface area contributed by atoms with Gasteiger partial charge in [-0.05, 0) is 62.4 Å². The maximum absolute atomic E-state index is 12.5. The number of hydrogen-bond acceptors (Lipinski definition) is 3. The van der Waals surface area contributed by atoms with E-state index in [0.29, 0.717) is 12.5 Å². The second-order valence-corrected chi connectivity index (χ2v) is 7.44. The van der Waals surface area contributed by atoms with Crippen molar-refractivity contribution < 1.29 is 14.3 Å². The number of ether oxygens (including phenoxy) is 2. The summed E-state index contributed by atoms with van der Waals surface area (Å²) in [5.41, 5.74) is 3.30. The zero-order chi connectivity index (χ0) is 20.0. The summed E-state index contributed by atoms with van der Waals surface area (Å²) in [6.07, 6.45) is -0.579. The van der Waals surface area contributed by atoms with E-state index in [1.54, 1.807) is 6.92 Å². The second kappa shape index (κ2) is 9.45. The quantitative estimate of drug-likeness (QED) is 0.728. The molecule has 2 aromatic carbocycles. The Kier molecular flexibility index (Phi) is 7.28. The fourth-order valence-corrected chi connectivity index (χ4v) is 2.80. The van der Waals surface area contributed by atoms with Gasteiger partial charge in [0.1, 0.15) is 18.1 Å². The number of nitrogens with one attached hydrogen (secondary N) is 1. The highest BCUT2D eigenvalue weighted by molar-refractivity contribution is 5.81. The molecule has 0 saturated carbocycles. The molecular formula is C23H31NO3. The van der Waals surface area contributed by atoms with Crippen molar-refractivity contribution in [2.75, 3.05) is 6.61 Å². The Morgan fingerprint density at radius 2 is 1.70 bits per heavy atom. The summed E-state index contributed by atoms with van der Waals surface area (Å²) in [6, 6.07) is 13.9. The molecule has 4 heteroatoms. The first-order valence-electron chi connectivity index (χ1n) is 9.54. The molecule has 0 aliphatic heterocycles. The molecule has 27 heavy (non-hydrogen) atoms. The van der Waals surface area contributed by atoms with E-state index < -0.39 is 6.10 Å². The summed E-state index contributed by atoms with van der Waals surface area (Å²) in [5, 5.41) is 2.96. The smallest absolute Gasteiger partial charge is 0.261 e. The molecule has 2 atom stereocenters. The third kappa shape index (κ3) is 6.02. The topological polar surface area (TPSA) is 47.6 Å². The van der Waals surface area contributed by atoms with E-state index in [4.69, 9.17) is 9.47 Å². The summed E-state index contributed by atoms with van der Waals surface area (Å²) >= 11 is 0. The number of benzene rings is 2. The summed E-state index contributed by atoms with van der Waals surface area (Å²) in [5.74, 6) is 1.80. The number of rotatable bonds is 8. The molecule has 0 heterocycles. The zero-order valence-electron chi connectivity index (χ0n) is 17.2. The van der Waals surface area contributed by atoms with Crippen LogP contribution < -0.4 is 14.8 Å². The molecule has 146 valence electrons. The minimum atomic E-state index is -0.579. The van der Waals surface area contributed by atoms with Gasteiger partial charge in [0.2, 0.25) is 0 Å². The van der Waals surface area contributed by atoms with Gasteiger partial charge in [0.05, 0.1) is 6.04 Å². The molecule has 0 bridgehead atoms. The molecule has 0 aliphatic rings. The van der Waals surface area contributed by atoms with Gasteiger partial charge in [-0.1, -0.05) is 44.2 Å². The van der Waals surface area contributed by atoms with E-state index in [-0.39, 0.29) is 11.9 Å². The summed E-state index contributed by atoms with van der Waals surface area (Å²) in [4.78, 5) is 12.5. The van der Waals surface area contributed by atoms with Crippen LogP contribution in [0.3, 0.4) is 0 Å². The van der Waals surface area contributed by atoms with Crippen molar-refractivity contribution in [1.29, 1.82) is 0 Å². The average molecular weight is 370 g/mol. The van der Waals surface area contributed by atoms with Gasteiger partial charge in [-0.2, -0.15) is 0 Å². The lowest BCUT2D eigenvalue weighted by Crippen LogP contribution is -2.43. The highest BCUT2D eigenvalue weighted by Gasteiger charge is 2.19. The monoisotopic (exact) mass is 369 g/mol. The van der Waals surface area contributed by atoms with Crippen LogP contribution in [0.4, 0.5) is 0 Å². The summed E-state index contributed by atoms with van der Waals surface area (Å²) in [7, 11) is 0. The number of aryl methyl sites for hydroxylation is 2. The average Bonchev–Trinajstić information content (AvgIpc) is 2.60. The van der Waals surface area contributed by atoms with Crippen LogP contribution in [0.2, 0.25) is 0 Å². The van der Waals surface area contributed by atoms with Gasteiger partial charge in [0.25, 0.3) is 5.91 Å². The summed E-state index contributed by atoms with van der Waals surface area (Å²) < 4.78 is 11.8. The first-order chi connectivity index (χ1) is 12.8. The van der Waals surface area contributed by atoms with Crippen LogP contribution in [0.5, 0.6) is 11.5 Å². The first-order valence-corrected chi connectivity index (χ1v) is 9.54. The number of amides is 1. The van der Waals surface area contributed by atoms with Gasteiger partial charge in [0, 0.05) is 0 Å². The van der Waals surface area contributed by atoms with Crippen LogP contribution >= 0.6 is 0 Å². The molecule has 0 spiro atoms. The van der Waals surface area contributed by atoms with Crippen molar-refractivity contribution in [1.82, 2.24) is 5.32 Å². The van der Waals surface area contributed by atoms with Crippen LogP contribution in [0.15, 0.2) is 42.5 Å². The van der Waals surface area contributed by atoms with Crippen LogP contribution in [0.1, 0.15) is 50.3 Å². The number of carbonyl (C=O) groups is 1. The minimum absolute atomic E-state index is 0.120. The molecule has 0 unspecified atom stereocenters. The van der Waals surface area contributed by atoms with E-state index in [1.165, 1.54) is 0 Å². The van der Waals surface area contributed by atoms with Gasteiger partial charge in [0.15, 0.2) is 6.10 Å². The number of carbonyl (C=O) groups excluding carboxylic acids is 1. The van der Waals surface area contributed by atoms with Crippen LogP contribution in [-0.2, 0) is 4.79 Å². The maximum Gasteiger partial charge on any atom is 0.261 e.